The summed E-state index contributed by atoms with van der Waals surface area (Å²) in [5, 5.41) is 8.96. The molecule has 2 aromatic rings. The van der Waals surface area contributed by atoms with Crippen LogP contribution in [-0.4, -0.2) is 16.3 Å². The van der Waals surface area contributed by atoms with E-state index in [2.05, 4.69) is 34.4 Å². The van der Waals surface area contributed by atoms with E-state index < -0.39 is 0 Å². The van der Waals surface area contributed by atoms with Gasteiger partial charge in [0.15, 0.2) is 0 Å². The van der Waals surface area contributed by atoms with Crippen LogP contribution in [-0.2, 0) is 13.6 Å². The van der Waals surface area contributed by atoms with Gasteiger partial charge in [0, 0.05) is 19.0 Å². The second-order valence-electron chi connectivity index (χ2n) is 3.62. The molecule has 0 unspecified atom stereocenters. The number of aromatic nitrogens is 2. The first-order valence-corrected chi connectivity index (χ1v) is 5.34. The maximum atomic E-state index is 4.49. The molecule has 0 aliphatic heterocycles. The molecule has 1 heterocycles. The van der Waals surface area contributed by atoms with Gasteiger partial charge in [0.25, 0.3) is 0 Å². The molecule has 0 saturated carbocycles. The van der Waals surface area contributed by atoms with Gasteiger partial charge < -0.3 is 5.32 Å². The summed E-state index contributed by atoms with van der Waals surface area (Å²) in [7, 11) is 1.97. The van der Waals surface area contributed by atoms with E-state index >= 15 is 0 Å². The second-order valence-corrected chi connectivity index (χ2v) is 3.62. The zero-order valence-electron chi connectivity index (χ0n) is 9.62. The summed E-state index contributed by atoms with van der Waals surface area (Å²) in [5.74, 6) is 5.84. The number of benzene rings is 1. The van der Waals surface area contributed by atoms with Crippen molar-refractivity contribution in [2.75, 3.05) is 6.54 Å². The van der Waals surface area contributed by atoms with Gasteiger partial charge in [0.2, 0.25) is 0 Å². The summed E-state index contributed by atoms with van der Waals surface area (Å²) < 4.78 is 1.91. The normalized spacial score (nSPS) is 10.1. The van der Waals surface area contributed by atoms with Gasteiger partial charge in [0.05, 0.1) is 17.8 Å². The van der Waals surface area contributed by atoms with Gasteiger partial charge in [-0.25, -0.2) is 0 Å². The summed E-state index contributed by atoms with van der Waals surface area (Å²) in [4.78, 5) is 0. The predicted molar refractivity (Wildman–Crippen MR) is 65.9 cm³/mol. The monoisotopic (exact) mass is 213 g/mol. The summed E-state index contributed by atoms with van der Waals surface area (Å²) >= 11 is 0. The molecule has 2 rings (SSSR count). The number of hydrogen-bond donors (Lipinski definition) is 1. The van der Waals surface area contributed by atoms with Gasteiger partial charge in [-0.1, -0.05) is 24.1 Å². The topological polar surface area (TPSA) is 29.9 Å². The van der Waals surface area contributed by atoms with Crippen LogP contribution in [0.3, 0.4) is 0 Å². The number of hydrogen-bond acceptors (Lipinski definition) is 2. The fourth-order valence-electron chi connectivity index (χ4n) is 1.75. The standard InChI is InChI=1S/C13H15N3/c1-3-4-9-14-10-12-11-7-5-6-8-13(11)16(2)15-12/h5-8,14H,9-10H2,1-2H3. The lowest BCUT2D eigenvalue weighted by Crippen LogP contribution is -2.13. The Morgan fingerprint density at radius 3 is 3.00 bits per heavy atom. The third-order valence-corrected chi connectivity index (χ3v) is 2.52. The van der Waals surface area contributed by atoms with Crippen molar-refractivity contribution >= 4 is 10.9 Å². The number of nitrogens with one attached hydrogen (secondary N) is 1. The van der Waals surface area contributed by atoms with Crippen molar-refractivity contribution in [3.05, 3.63) is 30.0 Å². The summed E-state index contributed by atoms with van der Waals surface area (Å²) in [6.07, 6.45) is 0. The Bertz CT molecular complexity index is 543. The Hall–Kier alpha value is -1.79. The first-order chi connectivity index (χ1) is 7.83. The van der Waals surface area contributed by atoms with E-state index in [1.807, 2.05) is 30.8 Å². The second kappa shape index (κ2) is 4.82. The van der Waals surface area contributed by atoms with Gasteiger partial charge >= 0.3 is 0 Å². The smallest absolute Gasteiger partial charge is 0.0841 e. The van der Waals surface area contributed by atoms with E-state index in [9.17, 15) is 0 Å². The van der Waals surface area contributed by atoms with Crippen LogP contribution in [0.25, 0.3) is 10.9 Å². The lowest BCUT2D eigenvalue weighted by molar-refractivity contribution is 0.707. The lowest BCUT2D eigenvalue weighted by atomic mass is 10.2. The zero-order chi connectivity index (χ0) is 11.4. The maximum absolute atomic E-state index is 4.49. The number of rotatable bonds is 3. The van der Waals surface area contributed by atoms with E-state index in [0.29, 0.717) is 6.54 Å². The Labute approximate surface area is 95.5 Å². The average molecular weight is 213 g/mol. The van der Waals surface area contributed by atoms with Gasteiger partial charge in [-0.3, -0.25) is 4.68 Å². The first-order valence-electron chi connectivity index (χ1n) is 5.34. The molecule has 0 saturated heterocycles. The Balaban J connectivity index is 2.20. The van der Waals surface area contributed by atoms with Crippen LogP contribution in [0, 0.1) is 11.8 Å². The van der Waals surface area contributed by atoms with Crippen LogP contribution >= 0.6 is 0 Å². The predicted octanol–water partition coefficient (Wildman–Crippen LogP) is 1.69. The fourth-order valence-corrected chi connectivity index (χ4v) is 1.75. The largest absolute Gasteiger partial charge is 0.300 e. The third kappa shape index (κ3) is 2.07. The molecule has 0 amide bonds. The average Bonchev–Trinajstić information content (AvgIpc) is 2.63. The Kier molecular flexibility index (Phi) is 3.23. The quantitative estimate of drug-likeness (QED) is 0.621. The molecule has 1 N–H and O–H groups in total. The van der Waals surface area contributed by atoms with Gasteiger partial charge in [0.1, 0.15) is 0 Å². The summed E-state index contributed by atoms with van der Waals surface area (Å²) in [6.45, 7) is 3.31. The molecule has 0 aliphatic carbocycles. The molecule has 1 aromatic heterocycles. The van der Waals surface area contributed by atoms with Crippen molar-refractivity contribution in [2.24, 2.45) is 7.05 Å². The molecule has 3 heteroatoms. The number of para-hydroxylation sites is 1. The van der Waals surface area contributed by atoms with Gasteiger partial charge in [-0.15, -0.1) is 5.92 Å². The summed E-state index contributed by atoms with van der Waals surface area (Å²) in [5.41, 5.74) is 2.25. The Morgan fingerprint density at radius 1 is 1.38 bits per heavy atom. The minimum absolute atomic E-state index is 0.710. The highest BCUT2D eigenvalue weighted by atomic mass is 15.3. The minimum atomic E-state index is 0.710. The first kappa shape index (κ1) is 10.7. The van der Waals surface area contributed by atoms with E-state index in [4.69, 9.17) is 0 Å². The van der Waals surface area contributed by atoms with Crippen molar-refractivity contribution in [1.82, 2.24) is 15.1 Å². The highest BCUT2D eigenvalue weighted by Gasteiger charge is 2.06. The van der Waals surface area contributed by atoms with Crippen LogP contribution in [0.2, 0.25) is 0 Å². The fraction of sp³-hybridized carbons (Fsp3) is 0.308. The van der Waals surface area contributed by atoms with Crippen LogP contribution < -0.4 is 5.32 Å². The molecular weight excluding hydrogens is 198 g/mol. The van der Waals surface area contributed by atoms with E-state index in [0.717, 1.165) is 12.2 Å². The summed E-state index contributed by atoms with van der Waals surface area (Å²) in [6, 6.07) is 8.26. The van der Waals surface area contributed by atoms with Gasteiger partial charge in [-0.05, 0) is 13.0 Å². The molecule has 1 aromatic carbocycles. The van der Waals surface area contributed by atoms with E-state index in [1.54, 1.807) is 0 Å². The number of nitrogens with zero attached hydrogens (tertiary/aromatic N) is 2. The van der Waals surface area contributed by atoms with Crippen molar-refractivity contribution in [3.8, 4) is 11.8 Å². The zero-order valence-corrected chi connectivity index (χ0v) is 9.62. The van der Waals surface area contributed by atoms with Crippen LogP contribution in [0.1, 0.15) is 12.6 Å². The van der Waals surface area contributed by atoms with E-state index in [1.165, 1.54) is 10.9 Å². The van der Waals surface area contributed by atoms with Crippen molar-refractivity contribution < 1.29 is 0 Å². The molecule has 0 atom stereocenters. The minimum Gasteiger partial charge on any atom is -0.300 e. The van der Waals surface area contributed by atoms with Crippen LogP contribution in [0.5, 0.6) is 0 Å². The molecule has 0 bridgehead atoms. The molecule has 0 radical (unpaired) electrons. The SMILES string of the molecule is CC#CCNCc1nn(C)c2ccccc12. The van der Waals surface area contributed by atoms with Crippen molar-refractivity contribution in [2.45, 2.75) is 13.5 Å². The van der Waals surface area contributed by atoms with Crippen molar-refractivity contribution in [1.29, 1.82) is 0 Å². The molecular formula is C13H15N3. The molecule has 3 nitrogen and oxygen atoms in total. The Morgan fingerprint density at radius 2 is 2.19 bits per heavy atom. The van der Waals surface area contributed by atoms with Crippen molar-refractivity contribution in [3.63, 3.8) is 0 Å². The third-order valence-electron chi connectivity index (χ3n) is 2.52. The highest BCUT2D eigenvalue weighted by molar-refractivity contribution is 5.81. The maximum Gasteiger partial charge on any atom is 0.0841 e. The van der Waals surface area contributed by atoms with Gasteiger partial charge in [-0.2, -0.15) is 5.10 Å². The molecule has 16 heavy (non-hydrogen) atoms. The molecule has 82 valence electrons. The number of fused-ring (bicyclic) bond motifs is 1. The van der Waals surface area contributed by atoms with Crippen LogP contribution in [0.4, 0.5) is 0 Å². The lowest BCUT2D eigenvalue weighted by Gasteiger charge is -1.96. The molecule has 0 fully saturated rings. The van der Waals surface area contributed by atoms with Crippen LogP contribution in [0.15, 0.2) is 24.3 Å². The highest BCUT2D eigenvalue weighted by Crippen LogP contribution is 2.16. The molecule has 0 aliphatic rings. The van der Waals surface area contributed by atoms with E-state index in [-0.39, 0.29) is 0 Å². The molecule has 0 spiro atoms. The number of aryl methyl sites for hydroxylation is 1.